The molecule has 0 spiro atoms. The summed E-state index contributed by atoms with van der Waals surface area (Å²) in [5, 5.41) is 0. The Kier molecular flexibility index (Phi) is 6.25. The van der Waals surface area contributed by atoms with E-state index in [1.54, 1.807) is 57.0 Å². The standard InChI is InChI=1S/C19H24N4O4S/c1-22(2)19(24)13-15-3-5-17(6-4-15)28(25,26)23-11-7-16(8-12-23)27-18-14-20-9-10-21-18/h3-6,9-10,14,16H,7-8,11-13H2,1-2H3. The third-order valence-electron chi connectivity index (χ3n) is 4.64. The van der Waals surface area contributed by atoms with Crippen LogP contribution in [0.4, 0.5) is 0 Å². The predicted molar refractivity (Wildman–Crippen MR) is 103 cm³/mol. The number of carbonyl (C=O) groups is 1. The molecule has 1 saturated heterocycles. The maximum atomic E-state index is 12.9. The van der Waals surface area contributed by atoms with E-state index in [9.17, 15) is 13.2 Å². The number of hydrogen-bond donors (Lipinski definition) is 0. The Morgan fingerprint density at radius 1 is 1.18 bits per heavy atom. The number of rotatable bonds is 6. The molecule has 0 saturated carbocycles. The first-order valence-corrected chi connectivity index (χ1v) is 10.5. The molecular formula is C19H24N4O4S. The van der Waals surface area contributed by atoms with E-state index < -0.39 is 10.0 Å². The summed E-state index contributed by atoms with van der Waals surface area (Å²) in [6.45, 7) is 0.766. The maximum Gasteiger partial charge on any atom is 0.243 e. The van der Waals surface area contributed by atoms with Crippen molar-refractivity contribution in [2.24, 2.45) is 0 Å². The van der Waals surface area contributed by atoms with Crippen LogP contribution in [0.1, 0.15) is 18.4 Å². The van der Waals surface area contributed by atoms with E-state index in [4.69, 9.17) is 4.74 Å². The van der Waals surface area contributed by atoms with Crippen molar-refractivity contribution in [1.29, 1.82) is 0 Å². The SMILES string of the molecule is CN(C)C(=O)Cc1ccc(S(=O)(=O)N2CCC(Oc3cnccn3)CC2)cc1. The number of likely N-dealkylation sites (N-methyl/N-ethyl adjacent to an activating group) is 1. The third-order valence-corrected chi connectivity index (χ3v) is 6.56. The Labute approximate surface area is 165 Å². The number of benzene rings is 1. The lowest BCUT2D eigenvalue weighted by molar-refractivity contribution is -0.127. The number of sulfonamides is 1. The van der Waals surface area contributed by atoms with Crippen LogP contribution in [0, 0.1) is 0 Å². The Bertz CT molecular complexity index is 893. The first-order valence-electron chi connectivity index (χ1n) is 9.08. The smallest absolute Gasteiger partial charge is 0.243 e. The van der Waals surface area contributed by atoms with Gasteiger partial charge in [0.25, 0.3) is 0 Å². The predicted octanol–water partition coefficient (Wildman–Crippen LogP) is 1.34. The summed E-state index contributed by atoms with van der Waals surface area (Å²) < 4.78 is 33.0. The molecule has 0 bridgehead atoms. The lowest BCUT2D eigenvalue weighted by Crippen LogP contribution is -2.41. The van der Waals surface area contributed by atoms with Gasteiger partial charge >= 0.3 is 0 Å². The molecule has 1 aliphatic rings. The molecule has 1 amide bonds. The lowest BCUT2D eigenvalue weighted by Gasteiger charge is -2.31. The number of piperidine rings is 1. The highest BCUT2D eigenvalue weighted by atomic mass is 32.2. The fourth-order valence-electron chi connectivity index (χ4n) is 2.97. The average Bonchev–Trinajstić information content (AvgIpc) is 2.69. The summed E-state index contributed by atoms with van der Waals surface area (Å²) in [7, 11) is -0.179. The van der Waals surface area contributed by atoms with E-state index >= 15 is 0 Å². The largest absolute Gasteiger partial charge is 0.473 e. The van der Waals surface area contributed by atoms with Crippen molar-refractivity contribution in [2.45, 2.75) is 30.3 Å². The molecular weight excluding hydrogens is 380 g/mol. The highest BCUT2D eigenvalue weighted by Crippen LogP contribution is 2.23. The number of carbonyl (C=O) groups excluding carboxylic acids is 1. The van der Waals surface area contributed by atoms with Gasteiger partial charge in [-0.15, -0.1) is 0 Å². The van der Waals surface area contributed by atoms with Crippen molar-refractivity contribution in [1.82, 2.24) is 19.2 Å². The molecule has 0 atom stereocenters. The monoisotopic (exact) mass is 404 g/mol. The third kappa shape index (κ3) is 4.85. The van der Waals surface area contributed by atoms with Gasteiger partial charge in [0.2, 0.25) is 21.8 Å². The topological polar surface area (TPSA) is 92.7 Å². The second-order valence-electron chi connectivity index (χ2n) is 6.87. The van der Waals surface area contributed by atoms with Crippen LogP contribution in [0.15, 0.2) is 47.8 Å². The van der Waals surface area contributed by atoms with E-state index in [1.165, 1.54) is 9.21 Å². The van der Waals surface area contributed by atoms with Crippen molar-refractivity contribution in [3.63, 3.8) is 0 Å². The molecule has 2 heterocycles. The van der Waals surface area contributed by atoms with Gasteiger partial charge in [0.15, 0.2) is 0 Å². The molecule has 0 N–H and O–H groups in total. The van der Waals surface area contributed by atoms with Gasteiger partial charge in [0, 0.05) is 39.6 Å². The molecule has 1 aromatic carbocycles. The van der Waals surface area contributed by atoms with Crippen LogP contribution < -0.4 is 4.74 Å². The molecule has 1 aromatic heterocycles. The molecule has 1 fully saturated rings. The van der Waals surface area contributed by atoms with Crippen LogP contribution >= 0.6 is 0 Å². The summed E-state index contributed by atoms with van der Waals surface area (Å²) in [4.78, 5) is 21.6. The van der Waals surface area contributed by atoms with E-state index in [0.29, 0.717) is 31.8 Å². The minimum Gasteiger partial charge on any atom is -0.473 e. The fraction of sp³-hybridized carbons (Fsp3) is 0.421. The molecule has 2 aromatic rings. The molecule has 0 unspecified atom stereocenters. The van der Waals surface area contributed by atoms with E-state index in [-0.39, 0.29) is 23.3 Å². The summed E-state index contributed by atoms with van der Waals surface area (Å²) in [5.41, 5.74) is 0.786. The molecule has 8 nitrogen and oxygen atoms in total. The van der Waals surface area contributed by atoms with Crippen molar-refractivity contribution in [3.05, 3.63) is 48.4 Å². The summed E-state index contributed by atoms with van der Waals surface area (Å²) >= 11 is 0. The van der Waals surface area contributed by atoms with Gasteiger partial charge in [-0.25, -0.2) is 13.4 Å². The van der Waals surface area contributed by atoms with Gasteiger partial charge in [-0.2, -0.15) is 4.31 Å². The van der Waals surface area contributed by atoms with Gasteiger partial charge in [0.1, 0.15) is 6.10 Å². The Hall–Kier alpha value is -2.52. The van der Waals surface area contributed by atoms with Crippen LogP contribution in [0.3, 0.4) is 0 Å². The maximum absolute atomic E-state index is 12.9. The fourth-order valence-corrected chi connectivity index (χ4v) is 4.44. The van der Waals surface area contributed by atoms with Crippen LogP contribution in [0.2, 0.25) is 0 Å². The summed E-state index contributed by atoms with van der Waals surface area (Å²) in [6.07, 6.45) is 6.03. The van der Waals surface area contributed by atoms with E-state index in [1.807, 2.05) is 0 Å². The van der Waals surface area contributed by atoms with Crippen LogP contribution in [-0.2, 0) is 21.2 Å². The van der Waals surface area contributed by atoms with E-state index in [2.05, 4.69) is 9.97 Å². The number of aromatic nitrogens is 2. The molecule has 28 heavy (non-hydrogen) atoms. The highest BCUT2D eigenvalue weighted by Gasteiger charge is 2.30. The van der Waals surface area contributed by atoms with Gasteiger partial charge in [-0.1, -0.05) is 12.1 Å². The second-order valence-corrected chi connectivity index (χ2v) is 8.81. The molecule has 150 valence electrons. The van der Waals surface area contributed by atoms with Gasteiger partial charge < -0.3 is 9.64 Å². The normalized spacial score (nSPS) is 15.9. The zero-order chi connectivity index (χ0) is 20.1. The quantitative estimate of drug-likeness (QED) is 0.721. The number of ether oxygens (including phenoxy) is 1. The lowest BCUT2D eigenvalue weighted by atomic mass is 10.1. The minimum atomic E-state index is -3.57. The van der Waals surface area contributed by atoms with Crippen molar-refractivity contribution < 1.29 is 17.9 Å². The number of nitrogens with zero attached hydrogens (tertiary/aromatic N) is 4. The first-order chi connectivity index (χ1) is 13.4. The van der Waals surface area contributed by atoms with Gasteiger partial charge in [0.05, 0.1) is 17.5 Å². The molecule has 0 radical (unpaired) electrons. The zero-order valence-electron chi connectivity index (χ0n) is 16.0. The summed E-state index contributed by atoms with van der Waals surface area (Å²) in [5.74, 6) is 0.424. The minimum absolute atomic E-state index is 0.0271. The molecule has 3 rings (SSSR count). The summed E-state index contributed by atoms with van der Waals surface area (Å²) in [6, 6.07) is 6.52. The highest BCUT2D eigenvalue weighted by molar-refractivity contribution is 7.89. The van der Waals surface area contributed by atoms with Crippen molar-refractivity contribution in [2.75, 3.05) is 27.2 Å². The first kappa shape index (κ1) is 20.2. The number of amides is 1. The van der Waals surface area contributed by atoms with Crippen molar-refractivity contribution >= 4 is 15.9 Å². The Morgan fingerprint density at radius 2 is 1.86 bits per heavy atom. The zero-order valence-corrected chi connectivity index (χ0v) is 16.8. The van der Waals surface area contributed by atoms with Crippen molar-refractivity contribution in [3.8, 4) is 5.88 Å². The van der Waals surface area contributed by atoms with Gasteiger partial charge in [-0.3, -0.25) is 9.78 Å². The van der Waals surface area contributed by atoms with Crippen LogP contribution in [-0.4, -0.2) is 66.8 Å². The molecule has 9 heteroatoms. The van der Waals surface area contributed by atoms with Gasteiger partial charge in [-0.05, 0) is 30.5 Å². The van der Waals surface area contributed by atoms with E-state index in [0.717, 1.165) is 5.56 Å². The molecule has 0 aliphatic carbocycles. The average molecular weight is 404 g/mol. The van der Waals surface area contributed by atoms with Crippen LogP contribution in [0.25, 0.3) is 0 Å². The van der Waals surface area contributed by atoms with Crippen LogP contribution in [0.5, 0.6) is 5.88 Å². The number of hydrogen-bond acceptors (Lipinski definition) is 6. The Balaban J connectivity index is 1.60. The Morgan fingerprint density at radius 3 is 2.43 bits per heavy atom. The molecule has 1 aliphatic heterocycles. The second kappa shape index (κ2) is 8.66.